The zero-order valence-corrected chi connectivity index (χ0v) is 18.3. The lowest BCUT2D eigenvalue weighted by Crippen LogP contribution is -2.56. The lowest BCUT2D eigenvalue weighted by molar-refractivity contribution is -0.258. The fourth-order valence-corrected chi connectivity index (χ4v) is 4.16. The van der Waals surface area contributed by atoms with E-state index in [4.69, 9.17) is 4.74 Å². The van der Waals surface area contributed by atoms with Crippen LogP contribution in [-0.4, -0.2) is 40.5 Å². The number of carbonyl (C=O) groups excluding carboxylic acids is 1. The van der Waals surface area contributed by atoms with Crippen LogP contribution in [0.4, 0.5) is 26.3 Å². The number of pyridine rings is 1. The number of rotatable bonds is 5. The van der Waals surface area contributed by atoms with Gasteiger partial charge < -0.3 is 15.2 Å². The fourth-order valence-electron chi connectivity index (χ4n) is 4.16. The molecule has 1 saturated carbocycles. The van der Waals surface area contributed by atoms with Gasteiger partial charge in [0.1, 0.15) is 23.3 Å². The van der Waals surface area contributed by atoms with Gasteiger partial charge in [0.25, 0.3) is 5.91 Å². The monoisotopic (exact) mass is 490 g/mol. The van der Waals surface area contributed by atoms with Gasteiger partial charge in [0, 0.05) is 17.8 Å². The Bertz CT molecular complexity index is 970. The molecule has 1 heterocycles. The van der Waals surface area contributed by atoms with Gasteiger partial charge in [-0.3, -0.25) is 9.78 Å². The van der Waals surface area contributed by atoms with E-state index in [2.05, 4.69) is 10.3 Å². The molecule has 2 atom stereocenters. The lowest BCUT2D eigenvalue weighted by Gasteiger charge is -2.43. The molecule has 1 aliphatic carbocycles. The number of hydrogen-bond acceptors (Lipinski definition) is 4. The number of halogens is 6. The SMILES string of the molecule is CC(C)c1cc(OC2C(C(F)(F)F)CC(NC(=O)c3ccccn3)CC2C(F)(F)F)ccc1O. The van der Waals surface area contributed by atoms with Gasteiger partial charge in [0.15, 0.2) is 0 Å². The smallest absolute Gasteiger partial charge is 0.395 e. The molecule has 186 valence electrons. The highest BCUT2D eigenvalue weighted by Gasteiger charge is 2.59. The Balaban J connectivity index is 1.92. The molecule has 3 rings (SSSR count). The standard InChI is InChI=1S/C23H24F6N2O3/c1-12(2)15-11-14(6-7-19(15)32)34-20-16(22(24,25)26)9-13(10-17(20)23(27,28)29)31-21(33)18-5-3-4-8-30-18/h3-8,11-13,16-17,20,32H,9-10H2,1-2H3,(H,31,33). The summed E-state index contributed by atoms with van der Waals surface area (Å²) in [5, 5.41) is 12.2. The minimum Gasteiger partial charge on any atom is -0.508 e. The molecule has 1 aliphatic rings. The molecule has 0 radical (unpaired) electrons. The molecule has 0 saturated heterocycles. The first-order valence-electron chi connectivity index (χ1n) is 10.6. The van der Waals surface area contributed by atoms with Crippen LogP contribution in [0, 0.1) is 11.8 Å². The highest BCUT2D eigenvalue weighted by molar-refractivity contribution is 5.92. The summed E-state index contributed by atoms with van der Waals surface area (Å²) in [7, 11) is 0. The van der Waals surface area contributed by atoms with Crippen LogP contribution in [0.25, 0.3) is 0 Å². The highest BCUT2D eigenvalue weighted by atomic mass is 19.4. The van der Waals surface area contributed by atoms with E-state index >= 15 is 0 Å². The van der Waals surface area contributed by atoms with Gasteiger partial charge in [0.2, 0.25) is 0 Å². The van der Waals surface area contributed by atoms with Crippen molar-refractivity contribution in [2.75, 3.05) is 0 Å². The third-order valence-corrected chi connectivity index (χ3v) is 5.84. The van der Waals surface area contributed by atoms with Crippen LogP contribution in [0.2, 0.25) is 0 Å². The van der Waals surface area contributed by atoms with Crippen LogP contribution < -0.4 is 10.1 Å². The third-order valence-electron chi connectivity index (χ3n) is 5.84. The molecule has 2 N–H and O–H groups in total. The highest BCUT2D eigenvalue weighted by Crippen LogP contribution is 2.47. The zero-order chi connectivity index (χ0) is 25.3. The van der Waals surface area contributed by atoms with Gasteiger partial charge in [-0.2, -0.15) is 26.3 Å². The molecule has 5 nitrogen and oxygen atoms in total. The van der Waals surface area contributed by atoms with Crippen molar-refractivity contribution in [1.29, 1.82) is 0 Å². The van der Waals surface area contributed by atoms with Gasteiger partial charge in [-0.05, 0) is 49.1 Å². The maximum Gasteiger partial charge on any atom is 0.395 e. The first-order chi connectivity index (χ1) is 15.8. The largest absolute Gasteiger partial charge is 0.508 e. The molecule has 0 bridgehead atoms. The molecule has 1 aromatic carbocycles. The van der Waals surface area contributed by atoms with Crippen molar-refractivity contribution < 1.29 is 41.0 Å². The van der Waals surface area contributed by atoms with Crippen LogP contribution in [-0.2, 0) is 0 Å². The van der Waals surface area contributed by atoms with Crippen LogP contribution in [0.15, 0.2) is 42.6 Å². The van der Waals surface area contributed by atoms with Gasteiger partial charge in [-0.15, -0.1) is 0 Å². The topological polar surface area (TPSA) is 71.5 Å². The first-order valence-corrected chi connectivity index (χ1v) is 10.6. The Morgan fingerprint density at radius 1 is 1.06 bits per heavy atom. The minimum absolute atomic E-state index is 0.113. The fraction of sp³-hybridized carbons (Fsp3) is 0.478. The molecule has 0 aliphatic heterocycles. The average Bonchev–Trinajstić information content (AvgIpc) is 2.74. The molecule has 1 amide bonds. The summed E-state index contributed by atoms with van der Waals surface area (Å²) in [4.78, 5) is 16.1. The number of alkyl halides is 6. The van der Waals surface area contributed by atoms with Crippen molar-refractivity contribution in [1.82, 2.24) is 10.3 Å². The van der Waals surface area contributed by atoms with Crippen LogP contribution in [0.3, 0.4) is 0 Å². The lowest BCUT2D eigenvalue weighted by atomic mass is 9.75. The summed E-state index contributed by atoms with van der Waals surface area (Å²) in [6.45, 7) is 3.43. The van der Waals surface area contributed by atoms with Gasteiger partial charge in [-0.25, -0.2) is 0 Å². The van der Waals surface area contributed by atoms with Crippen LogP contribution in [0.5, 0.6) is 11.5 Å². The molecule has 1 fully saturated rings. The van der Waals surface area contributed by atoms with Crippen LogP contribution in [0.1, 0.15) is 48.7 Å². The Kier molecular flexibility index (Phi) is 7.32. The molecular formula is C23H24F6N2O3. The number of benzene rings is 1. The summed E-state index contributed by atoms with van der Waals surface area (Å²) in [6.07, 6.45) is -12.6. The zero-order valence-electron chi connectivity index (χ0n) is 18.3. The molecule has 0 spiro atoms. The van der Waals surface area contributed by atoms with Crippen molar-refractivity contribution >= 4 is 5.91 Å². The van der Waals surface area contributed by atoms with Gasteiger partial charge >= 0.3 is 12.4 Å². The number of nitrogens with zero attached hydrogens (tertiary/aromatic N) is 1. The second kappa shape index (κ2) is 9.71. The summed E-state index contributed by atoms with van der Waals surface area (Å²) >= 11 is 0. The van der Waals surface area contributed by atoms with E-state index < -0.39 is 55.1 Å². The normalized spacial score (nSPS) is 23.6. The molecule has 34 heavy (non-hydrogen) atoms. The summed E-state index contributed by atoms with van der Waals surface area (Å²) in [5.41, 5.74) is 0.222. The van der Waals surface area contributed by atoms with Crippen molar-refractivity contribution in [3.05, 3.63) is 53.9 Å². The Morgan fingerprint density at radius 2 is 1.68 bits per heavy atom. The van der Waals surface area contributed by atoms with E-state index in [1.54, 1.807) is 13.8 Å². The third kappa shape index (κ3) is 5.92. The van der Waals surface area contributed by atoms with Gasteiger partial charge in [-0.1, -0.05) is 19.9 Å². The number of aromatic nitrogens is 1. The minimum atomic E-state index is -5.01. The maximum atomic E-state index is 13.9. The summed E-state index contributed by atoms with van der Waals surface area (Å²) in [6, 6.07) is 6.48. The van der Waals surface area contributed by atoms with Crippen molar-refractivity contribution in [3.63, 3.8) is 0 Å². The van der Waals surface area contributed by atoms with E-state index in [9.17, 15) is 36.2 Å². The number of phenols is 1. The number of carbonyl (C=O) groups is 1. The summed E-state index contributed by atoms with van der Waals surface area (Å²) in [5.74, 6) is -6.41. The van der Waals surface area contributed by atoms with Gasteiger partial charge in [0.05, 0.1) is 11.8 Å². The Hall–Kier alpha value is -2.98. The van der Waals surface area contributed by atoms with Crippen molar-refractivity contribution in [2.45, 2.75) is 57.1 Å². The Morgan fingerprint density at radius 3 is 2.18 bits per heavy atom. The van der Waals surface area contributed by atoms with Crippen molar-refractivity contribution in [2.24, 2.45) is 11.8 Å². The number of phenolic OH excluding ortho intramolecular Hbond substituents is 1. The number of amides is 1. The number of ether oxygens (including phenoxy) is 1. The van der Waals surface area contributed by atoms with E-state index in [-0.39, 0.29) is 23.1 Å². The van der Waals surface area contributed by atoms with Crippen molar-refractivity contribution in [3.8, 4) is 11.5 Å². The number of nitrogens with one attached hydrogen (secondary N) is 1. The molecule has 1 aromatic heterocycles. The maximum absolute atomic E-state index is 13.9. The predicted octanol–water partition coefficient (Wildman–Crippen LogP) is 5.61. The quantitative estimate of drug-likeness (QED) is 0.535. The number of hydrogen-bond donors (Lipinski definition) is 2. The first kappa shape index (κ1) is 25.6. The van der Waals surface area contributed by atoms with E-state index in [1.807, 2.05) is 0 Å². The molecular weight excluding hydrogens is 466 g/mol. The second-order valence-corrected chi connectivity index (χ2v) is 8.61. The van der Waals surface area contributed by atoms with E-state index in [0.29, 0.717) is 5.56 Å². The van der Waals surface area contributed by atoms with E-state index in [0.717, 1.165) is 6.07 Å². The van der Waals surface area contributed by atoms with E-state index in [1.165, 1.54) is 36.5 Å². The molecule has 2 unspecified atom stereocenters. The van der Waals surface area contributed by atoms with Crippen LogP contribution >= 0.6 is 0 Å². The summed E-state index contributed by atoms with van der Waals surface area (Å²) < 4.78 is 89.0. The Labute approximate surface area is 192 Å². The molecule has 2 aromatic rings. The average molecular weight is 490 g/mol. The second-order valence-electron chi connectivity index (χ2n) is 8.61. The predicted molar refractivity (Wildman–Crippen MR) is 110 cm³/mol. The molecule has 11 heteroatoms. The number of aromatic hydroxyl groups is 1.